The van der Waals surface area contributed by atoms with Gasteiger partial charge in [0.15, 0.2) is 5.58 Å². The highest BCUT2D eigenvalue weighted by Gasteiger charge is 2.11. The Hall–Kier alpha value is -2.40. The molecule has 4 aromatic rings. The van der Waals surface area contributed by atoms with Gasteiger partial charge in [0.05, 0.1) is 15.6 Å². The molecule has 4 nitrogen and oxygen atoms in total. The molecule has 4 rings (SSSR count). The lowest BCUT2D eigenvalue weighted by Gasteiger charge is -2.02. The molecule has 1 N–H and O–H groups in total. The van der Waals surface area contributed by atoms with Crippen LogP contribution in [-0.2, 0) is 0 Å². The number of thiazole rings is 1. The Balaban J connectivity index is 2.40. The fraction of sp³-hybridized carbons (Fsp3) is 0. The molecule has 0 radical (unpaired) electrons. The summed E-state index contributed by atoms with van der Waals surface area (Å²) in [5.41, 5.74) is 0.793. The maximum absolute atomic E-state index is 12.0. The average Bonchev–Trinajstić information content (AvgIpc) is 2.80. The van der Waals surface area contributed by atoms with Gasteiger partial charge in [0, 0.05) is 5.39 Å². The minimum absolute atomic E-state index is 0.154. The summed E-state index contributed by atoms with van der Waals surface area (Å²) in [7, 11) is 0. The first-order chi connectivity index (χ1) is 9.24. The molecule has 0 spiro atoms. The molecule has 0 aliphatic carbocycles. The summed E-state index contributed by atoms with van der Waals surface area (Å²) in [6.07, 6.45) is 0. The second kappa shape index (κ2) is 3.55. The molecule has 0 aliphatic heterocycles. The zero-order valence-electron chi connectivity index (χ0n) is 9.60. The monoisotopic (exact) mass is 269 g/mol. The summed E-state index contributed by atoms with van der Waals surface area (Å²) in [5.74, 6) is 0. The second-order valence-electron chi connectivity index (χ2n) is 4.27. The first-order valence-electron chi connectivity index (χ1n) is 5.71. The van der Waals surface area contributed by atoms with Gasteiger partial charge in [-0.05, 0) is 23.6 Å². The number of H-pyrrole nitrogens is 1. The van der Waals surface area contributed by atoms with Crippen LogP contribution in [-0.4, -0.2) is 4.98 Å². The Labute approximate surface area is 109 Å². The highest BCUT2D eigenvalue weighted by Crippen LogP contribution is 2.29. The third-order valence-electron chi connectivity index (χ3n) is 3.18. The van der Waals surface area contributed by atoms with Crippen molar-refractivity contribution in [2.24, 2.45) is 0 Å². The molecule has 0 fully saturated rings. The molecule has 0 bridgehead atoms. The van der Waals surface area contributed by atoms with Crippen molar-refractivity contribution in [2.45, 2.75) is 0 Å². The molecule has 0 unspecified atom stereocenters. The minimum atomic E-state index is -0.378. The van der Waals surface area contributed by atoms with Crippen LogP contribution in [0, 0.1) is 0 Å². The van der Waals surface area contributed by atoms with E-state index < -0.39 is 0 Å². The van der Waals surface area contributed by atoms with Gasteiger partial charge in [-0.2, -0.15) is 0 Å². The van der Waals surface area contributed by atoms with Crippen LogP contribution in [0.15, 0.2) is 50.4 Å². The van der Waals surface area contributed by atoms with Gasteiger partial charge in [-0.15, -0.1) is 0 Å². The van der Waals surface area contributed by atoms with Crippen molar-refractivity contribution < 1.29 is 4.42 Å². The zero-order valence-corrected chi connectivity index (χ0v) is 10.4. The van der Waals surface area contributed by atoms with Gasteiger partial charge < -0.3 is 9.40 Å². The van der Waals surface area contributed by atoms with E-state index in [9.17, 15) is 9.59 Å². The predicted octanol–water partition coefficient (Wildman–Crippen LogP) is 2.85. The maximum Gasteiger partial charge on any atom is 0.344 e. The quantitative estimate of drug-likeness (QED) is 0.394. The Morgan fingerprint density at radius 2 is 1.74 bits per heavy atom. The molecule has 0 amide bonds. The van der Waals surface area contributed by atoms with Gasteiger partial charge in [-0.25, -0.2) is 4.79 Å². The molecule has 19 heavy (non-hydrogen) atoms. The lowest BCUT2D eigenvalue weighted by atomic mass is 10.1. The number of nitrogens with one attached hydrogen (secondary N) is 1. The zero-order chi connectivity index (χ0) is 13.0. The van der Waals surface area contributed by atoms with Crippen molar-refractivity contribution in [1.29, 1.82) is 0 Å². The number of fused-ring (bicyclic) bond motifs is 5. The topological polar surface area (TPSA) is 63.1 Å². The number of hydrogen-bond donors (Lipinski definition) is 1. The van der Waals surface area contributed by atoms with Crippen molar-refractivity contribution in [3.8, 4) is 0 Å². The van der Waals surface area contributed by atoms with E-state index in [-0.39, 0.29) is 10.5 Å². The van der Waals surface area contributed by atoms with E-state index in [0.717, 1.165) is 22.1 Å². The summed E-state index contributed by atoms with van der Waals surface area (Å²) in [4.78, 5) is 26.0. The third-order valence-corrected chi connectivity index (χ3v) is 4.07. The average molecular weight is 269 g/mol. The van der Waals surface area contributed by atoms with Crippen molar-refractivity contribution in [2.75, 3.05) is 0 Å². The Morgan fingerprint density at radius 1 is 0.947 bits per heavy atom. The molecule has 0 atom stereocenters. The maximum atomic E-state index is 12.0. The van der Waals surface area contributed by atoms with Gasteiger partial charge in [-0.3, -0.25) is 4.79 Å². The molecule has 2 aromatic heterocycles. The Kier molecular flexibility index (Phi) is 1.97. The lowest BCUT2D eigenvalue weighted by molar-refractivity contribution is 0.573. The molecule has 2 aromatic carbocycles. The van der Waals surface area contributed by atoms with E-state index >= 15 is 0 Å². The van der Waals surface area contributed by atoms with E-state index in [1.165, 1.54) is 0 Å². The minimum Gasteiger partial charge on any atom is -0.421 e. The van der Waals surface area contributed by atoms with Crippen molar-refractivity contribution in [3.05, 3.63) is 56.5 Å². The van der Waals surface area contributed by atoms with Crippen molar-refractivity contribution in [3.63, 3.8) is 0 Å². The number of aromatic nitrogens is 1. The Bertz CT molecular complexity index is 1060. The van der Waals surface area contributed by atoms with Crippen molar-refractivity contribution in [1.82, 2.24) is 4.98 Å². The predicted molar refractivity (Wildman–Crippen MR) is 76.0 cm³/mol. The van der Waals surface area contributed by atoms with Crippen molar-refractivity contribution >= 4 is 43.3 Å². The van der Waals surface area contributed by atoms with Gasteiger partial charge in [0.25, 0.3) is 0 Å². The Morgan fingerprint density at radius 3 is 2.58 bits per heavy atom. The van der Waals surface area contributed by atoms with E-state index in [1.54, 1.807) is 12.1 Å². The number of benzene rings is 2. The van der Waals surface area contributed by atoms with Gasteiger partial charge >= 0.3 is 10.5 Å². The first kappa shape index (κ1) is 10.5. The molecule has 2 heterocycles. The summed E-state index contributed by atoms with van der Waals surface area (Å²) in [6.45, 7) is 0. The smallest absolute Gasteiger partial charge is 0.344 e. The molecule has 0 saturated heterocycles. The molecular formula is C14H7NO3S. The normalized spacial score (nSPS) is 11.6. The second-order valence-corrected chi connectivity index (χ2v) is 5.25. The SMILES string of the molecule is O=c1[nH]c2ccc3c4ccccc4c(=O)oc3c2s1. The highest BCUT2D eigenvalue weighted by molar-refractivity contribution is 7.17. The van der Waals surface area contributed by atoms with Gasteiger partial charge in [0.2, 0.25) is 0 Å². The molecule has 0 saturated carbocycles. The van der Waals surface area contributed by atoms with Crippen LogP contribution in [0.3, 0.4) is 0 Å². The number of rotatable bonds is 0. The highest BCUT2D eigenvalue weighted by atomic mass is 32.1. The standard InChI is InChI=1S/C14H7NO3S/c16-13-9-4-2-1-3-7(9)8-5-6-10-12(11(8)18-13)19-14(17)15-10/h1-6H,(H,15,17). The van der Waals surface area contributed by atoms with E-state index in [0.29, 0.717) is 21.2 Å². The van der Waals surface area contributed by atoms with Crippen LogP contribution in [0.2, 0.25) is 0 Å². The van der Waals surface area contributed by atoms with Crippen LogP contribution >= 0.6 is 11.3 Å². The van der Waals surface area contributed by atoms with Crippen LogP contribution < -0.4 is 10.5 Å². The fourth-order valence-corrected chi connectivity index (χ4v) is 3.17. The summed E-state index contributed by atoms with van der Waals surface area (Å²) >= 11 is 1.06. The summed E-state index contributed by atoms with van der Waals surface area (Å²) < 4.78 is 6.08. The summed E-state index contributed by atoms with van der Waals surface area (Å²) in [6, 6.07) is 11.0. The fourth-order valence-electron chi connectivity index (χ4n) is 2.35. The largest absolute Gasteiger partial charge is 0.421 e. The third kappa shape index (κ3) is 1.39. The van der Waals surface area contributed by atoms with Gasteiger partial charge in [-0.1, -0.05) is 29.5 Å². The number of aromatic amines is 1. The van der Waals surface area contributed by atoms with Gasteiger partial charge in [0.1, 0.15) is 0 Å². The van der Waals surface area contributed by atoms with E-state index in [2.05, 4.69) is 4.98 Å². The summed E-state index contributed by atoms with van der Waals surface area (Å²) in [5, 5.41) is 2.24. The lowest BCUT2D eigenvalue weighted by Crippen LogP contribution is -1.99. The molecule has 5 heteroatoms. The first-order valence-corrected chi connectivity index (χ1v) is 6.53. The van der Waals surface area contributed by atoms with Crippen LogP contribution in [0.5, 0.6) is 0 Å². The van der Waals surface area contributed by atoms with Crippen LogP contribution in [0.1, 0.15) is 0 Å². The molecule has 92 valence electrons. The number of hydrogen-bond acceptors (Lipinski definition) is 4. The van der Waals surface area contributed by atoms with Crippen LogP contribution in [0.4, 0.5) is 0 Å². The van der Waals surface area contributed by atoms with Crippen LogP contribution in [0.25, 0.3) is 32.0 Å². The van der Waals surface area contributed by atoms with E-state index in [1.807, 2.05) is 24.3 Å². The van der Waals surface area contributed by atoms with E-state index in [4.69, 9.17) is 4.42 Å². The molecule has 0 aliphatic rings. The molecular weight excluding hydrogens is 262 g/mol.